The SMILES string of the molecule is CC(C)(C)c1noc(-c2cc(I)ccc2O)n1. The van der Waals surface area contributed by atoms with Crippen LogP contribution in [0.1, 0.15) is 26.6 Å². The van der Waals surface area contributed by atoms with E-state index in [-0.39, 0.29) is 11.2 Å². The van der Waals surface area contributed by atoms with Crippen molar-refractivity contribution in [3.63, 3.8) is 0 Å². The van der Waals surface area contributed by atoms with Crippen molar-refractivity contribution in [1.29, 1.82) is 0 Å². The Balaban J connectivity index is 2.47. The van der Waals surface area contributed by atoms with Crippen LogP contribution >= 0.6 is 22.6 Å². The highest BCUT2D eigenvalue weighted by Gasteiger charge is 2.22. The molecule has 0 bridgehead atoms. The lowest BCUT2D eigenvalue weighted by Gasteiger charge is -2.10. The molecule has 0 fully saturated rings. The molecule has 0 aliphatic carbocycles. The summed E-state index contributed by atoms with van der Waals surface area (Å²) in [5, 5.41) is 13.7. The maximum Gasteiger partial charge on any atom is 0.261 e. The zero-order chi connectivity index (χ0) is 12.6. The maximum absolute atomic E-state index is 9.77. The van der Waals surface area contributed by atoms with Crippen LogP contribution < -0.4 is 0 Å². The number of hydrogen-bond donors (Lipinski definition) is 1. The Morgan fingerprint density at radius 3 is 2.59 bits per heavy atom. The topological polar surface area (TPSA) is 59.2 Å². The van der Waals surface area contributed by atoms with Crippen molar-refractivity contribution >= 4 is 22.6 Å². The lowest BCUT2D eigenvalue weighted by molar-refractivity contribution is 0.399. The summed E-state index contributed by atoms with van der Waals surface area (Å²) in [6.07, 6.45) is 0. The summed E-state index contributed by atoms with van der Waals surface area (Å²) < 4.78 is 6.19. The molecule has 4 nitrogen and oxygen atoms in total. The fourth-order valence-electron chi connectivity index (χ4n) is 1.32. The third-order valence-corrected chi connectivity index (χ3v) is 2.96. The van der Waals surface area contributed by atoms with Crippen molar-refractivity contribution in [2.75, 3.05) is 0 Å². The molecule has 1 aromatic carbocycles. The van der Waals surface area contributed by atoms with Gasteiger partial charge in [-0.15, -0.1) is 0 Å². The van der Waals surface area contributed by atoms with E-state index < -0.39 is 0 Å². The molecule has 0 radical (unpaired) electrons. The number of hydrogen-bond acceptors (Lipinski definition) is 4. The minimum Gasteiger partial charge on any atom is -0.507 e. The first-order valence-corrected chi connectivity index (χ1v) is 6.29. The van der Waals surface area contributed by atoms with Crippen LogP contribution in [-0.4, -0.2) is 15.2 Å². The van der Waals surface area contributed by atoms with E-state index in [4.69, 9.17) is 4.52 Å². The van der Waals surface area contributed by atoms with Gasteiger partial charge in [0.05, 0.1) is 5.56 Å². The van der Waals surface area contributed by atoms with Gasteiger partial charge in [0.25, 0.3) is 5.89 Å². The Morgan fingerprint density at radius 1 is 1.29 bits per heavy atom. The van der Waals surface area contributed by atoms with Gasteiger partial charge in [0.1, 0.15) is 5.75 Å². The third kappa shape index (κ3) is 2.59. The molecule has 5 heteroatoms. The summed E-state index contributed by atoms with van der Waals surface area (Å²) in [6.45, 7) is 6.03. The number of benzene rings is 1. The number of aromatic hydroxyl groups is 1. The van der Waals surface area contributed by atoms with E-state index in [1.54, 1.807) is 6.07 Å². The highest BCUT2D eigenvalue weighted by molar-refractivity contribution is 14.1. The molecule has 2 rings (SSSR count). The van der Waals surface area contributed by atoms with Crippen LogP contribution in [0.15, 0.2) is 22.7 Å². The first-order valence-electron chi connectivity index (χ1n) is 5.21. The lowest BCUT2D eigenvalue weighted by atomic mass is 9.96. The third-order valence-electron chi connectivity index (χ3n) is 2.29. The minimum atomic E-state index is -0.167. The van der Waals surface area contributed by atoms with Crippen molar-refractivity contribution in [2.24, 2.45) is 0 Å². The number of phenols is 1. The standard InChI is InChI=1S/C12H13IN2O2/c1-12(2,3)11-14-10(17-15-11)8-6-7(13)4-5-9(8)16/h4-6,16H,1-3H3. The summed E-state index contributed by atoms with van der Waals surface area (Å²) in [4.78, 5) is 4.31. The molecular formula is C12H13IN2O2. The summed E-state index contributed by atoms with van der Waals surface area (Å²) in [7, 11) is 0. The first kappa shape index (κ1) is 12.3. The second-order valence-electron chi connectivity index (χ2n) is 4.83. The van der Waals surface area contributed by atoms with Gasteiger partial charge in [-0.05, 0) is 40.8 Å². The van der Waals surface area contributed by atoms with Crippen molar-refractivity contribution < 1.29 is 9.63 Å². The largest absolute Gasteiger partial charge is 0.507 e. The molecule has 1 heterocycles. The maximum atomic E-state index is 9.77. The predicted octanol–water partition coefficient (Wildman–Crippen LogP) is 3.34. The molecule has 0 aliphatic heterocycles. The minimum absolute atomic E-state index is 0.148. The zero-order valence-corrected chi connectivity index (χ0v) is 12.0. The second-order valence-corrected chi connectivity index (χ2v) is 6.08. The van der Waals surface area contributed by atoms with Crippen molar-refractivity contribution in [2.45, 2.75) is 26.2 Å². The van der Waals surface area contributed by atoms with Crippen LogP contribution in [0.4, 0.5) is 0 Å². The van der Waals surface area contributed by atoms with Gasteiger partial charge in [0.15, 0.2) is 5.82 Å². The molecule has 1 aromatic heterocycles. The lowest BCUT2D eigenvalue weighted by Crippen LogP contribution is -2.13. The first-order chi connectivity index (χ1) is 7.88. The highest BCUT2D eigenvalue weighted by Crippen LogP contribution is 2.30. The Labute approximate surface area is 113 Å². The van der Waals surface area contributed by atoms with Crippen molar-refractivity contribution in [3.8, 4) is 17.2 Å². The molecule has 0 saturated heterocycles. The average molecular weight is 344 g/mol. The van der Waals surface area contributed by atoms with Gasteiger partial charge in [-0.25, -0.2) is 0 Å². The van der Waals surface area contributed by atoms with E-state index in [9.17, 15) is 5.11 Å². The molecule has 0 amide bonds. The van der Waals surface area contributed by atoms with Crippen LogP contribution in [0, 0.1) is 3.57 Å². The van der Waals surface area contributed by atoms with Gasteiger partial charge in [-0.1, -0.05) is 25.9 Å². The second kappa shape index (κ2) is 4.29. The molecule has 17 heavy (non-hydrogen) atoms. The highest BCUT2D eigenvalue weighted by atomic mass is 127. The van der Waals surface area contributed by atoms with Gasteiger partial charge in [-0.2, -0.15) is 4.98 Å². The number of halogens is 1. The molecule has 0 unspecified atom stereocenters. The summed E-state index contributed by atoms with van der Waals surface area (Å²) in [6, 6.07) is 5.26. The number of nitrogens with zero attached hydrogens (tertiary/aromatic N) is 2. The van der Waals surface area contributed by atoms with Gasteiger partial charge in [0.2, 0.25) is 0 Å². The Hall–Kier alpha value is -1.11. The van der Waals surface area contributed by atoms with E-state index in [0.29, 0.717) is 17.3 Å². The average Bonchev–Trinajstić information content (AvgIpc) is 2.70. The summed E-state index contributed by atoms with van der Waals surface area (Å²) in [5.74, 6) is 1.13. The monoisotopic (exact) mass is 344 g/mol. The molecular weight excluding hydrogens is 331 g/mol. The number of phenolic OH excluding ortho intramolecular Hbond substituents is 1. The van der Waals surface area contributed by atoms with E-state index in [0.717, 1.165) is 3.57 Å². The molecule has 0 spiro atoms. The van der Waals surface area contributed by atoms with Gasteiger partial charge < -0.3 is 9.63 Å². The number of aromatic nitrogens is 2. The van der Waals surface area contributed by atoms with Crippen molar-refractivity contribution in [3.05, 3.63) is 27.6 Å². The van der Waals surface area contributed by atoms with E-state index >= 15 is 0 Å². The Morgan fingerprint density at radius 2 is 2.00 bits per heavy atom. The molecule has 2 aromatic rings. The zero-order valence-electron chi connectivity index (χ0n) is 9.86. The quantitative estimate of drug-likeness (QED) is 0.806. The van der Waals surface area contributed by atoms with Crippen LogP contribution in [-0.2, 0) is 5.41 Å². The fraction of sp³-hybridized carbons (Fsp3) is 0.333. The predicted molar refractivity (Wildman–Crippen MR) is 72.8 cm³/mol. The van der Waals surface area contributed by atoms with Gasteiger partial charge in [-0.3, -0.25) is 0 Å². The molecule has 90 valence electrons. The van der Waals surface area contributed by atoms with Crippen molar-refractivity contribution in [1.82, 2.24) is 10.1 Å². The smallest absolute Gasteiger partial charge is 0.261 e. The van der Waals surface area contributed by atoms with Gasteiger partial charge in [0, 0.05) is 8.99 Å². The van der Waals surface area contributed by atoms with E-state index in [2.05, 4.69) is 32.7 Å². The Bertz CT molecular complexity index is 544. The van der Waals surface area contributed by atoms with E-state index in [1.807, 2.05) is 32.9 Å². The molecule has 0 saturated carbocycles. The summed E-state index contributed by atoms with van der Waals surface area (Å²) in [5.41, 5.74) is 0.402. The Kier molecular flexibility index (Phi) is 3.11. The van der Waals surface area contributed by atoms with Crippen LogP contribution in [0.5, 0.6) is 5.75 Å². The van der Waals surface area contributed by atoms with Crippen LogP contribution in [0.25, 0.3) is 11.5 Å². The van der Waals surface area contributed by atoms with Crippen LogP contribution in [0.3, 0.4) is 0 Å². The molecule has 0 atom stereocenters. The van der Waals surface area contributed by atoms with E-state index in [1.165, 1.54) is 0 Å². The van der Waals surface area contributed by atoms with Crippen LogP contribution in [0.2, 0.25) is 0 Å². The molecule has 1 N–H and O–H groups in total. The normalized spacial score (nSPS) is 11.8. The van der Waals surface area contributed by atoms with Gasteiger partial charge >= 0.3 is 0 Å². The molecule has 0 aliphatic rings. The number of rotatable bonds is 1. The fourth-order valence-corrected chi connectivity index (χ4v) is 1.81. The summed E-state index contributed by atoms with van der Waals surface area (Å²) >= 11 is 2.17.